The van der Waals surface area contributed by atoms with Gasteiger partial charge in [-0.15, -0.1) is 11.8 Å². The maximum absolute atomic E-state index is 12.2. The van der Waals surface area contributed by atoms with E-state index in [0.717, 1.165) is 6.54 Å². The molecule has 0 aliphatic carbocycles. The van der Waals surface area contributed by atoms with Crippen LogP contribution in [0.1, 0.15) is 13.3 Å². The largest absolute Gasteiger partial charge is 0.401 e. The number of nitrogens with zero attached hydrogens (tertiary/aromatic N) is 2. The van der Waals surface area contributed by atoms with Crippen molar-refractivity contribution in [1.29, 1.82) is 0 Å². The number of guanidine groups is 1. The second-order valence-corrected chi connectivity index (χ2v) is 7.34. The molecule has 8 heteroatoms. The summed E-state index contributed by atoms with van der Waals surface area (Å²) in [5.41, 5.74) is 0. The Morgan fingerprint density at radius 1 is 1.24 bits per heavy atom. The monoisotopic (exact) mass is 376 g/mol. The van der Waals surface area contributed by atoms with Crippen molar-refractivity contribution < 1.29 is 13.2 Å². The Labute approximate surface area is 152 Å². The van der Waals surface area contributed by atoms with Gasteiger partial charge in [-0.05, 0) is 32.1 Å². The van der Waals surface area contributed by atoms with Crippen LogP contribution in [0.2, 0.25) is 0 Å². The molecule has 1 unspecified atom stereocenters. The Morgan fingerprint density at radius 2 is 1.92 bits per heavy atom. The number of thioether (sulfide) groups is 1. The highest BCUT2D eigenvalue weighted by molar-refractivity contribution is 8.00. The Hall–Kier alpha value is -1.41. The summed E-state index contributed by atoms with van der Waals surface area (Å²) in [5.74, 6) is 0.666. The number of aliphatic imine (C=N–C) groups is 1. The predicted octanol–water partition coefficient (Wildman–Crippen LogP) is 3.22. The highest BCUT2D eigenvalue weighted by Crippen LogP contribution is 2.21. The van der Waals surface area contributed by atoms with E-state index in [0.29, 0.717) is 30.7 Å². The van der Waals surface area contributed by atoms with Gasteiger partial charge in [-0.25, -0.2) is 0 Å². The second-order valence-electron chi connectivity index (χ2n) is 5.83. The number of benzene rings is 1. The summed E-state index contributed by atoms with van der Waals surface area (Å²) >= 11 is 1.78. The first kappa shape index (κ1) is 21.6. The molecule has 0 bridgehead atoms. The Balaban J connectivity index is 2.20. The topological polar surface area (TPSA) is 39.7 Å². The molecule has 0 aliphatic heterocycles. The van der Waals surface area contributed by atoms with E-state index >= 15 is 0 Å². The lowest BCUT2D eigenvalue weighted by molar-refractivity contribution is -0.143. The van der Waals surface area contributed by atoms with Crippen LogP contribution in [0, 0.1) is 0 Å². The maximum atomic E-state index is 12.2. The van der Waals surface area contributed by atoms with Crippen LogP contribution in [0.15, 0.2) is 40.2 Å². The Bertz CT molecular complexity index is 508. The van der Waals surface area contributed by atoms with Crippen LogP contribution in [0.4, 0.5) is 13.2 Å². The van der Waals surface area contributed by atoms with Gasteiger partial charge in [0.25, 0.3) is 0 Å². The fourth-order valence-electron chi connectivity index (χ4n) is 2.17. The zero-order valence-corrected chi connectivity index (χ0v) is 15.8. The van der Waals surface area contributed by atoms with Gasteiger partial charge >= 0.3 is 6.18 Å². The van der Waals surface area contributed by atoms with E-state index in [-0.39, 0.29) is 0 Å². The number of alkyl halides is 3. The minimum atomic E-state index is -4.15. The van der Waals surface area contributed by atoms with Gasteiger partial charge in [0.1, 0.15) is 0 Å². The van der Waals surface area contributed by atoms with E-state index in [9.17, 15) is 13.2 Å². The molecule has 0 heterocycles. The molecular weight excluding hydrogens is 349 g/mol. The van der Waals surface area contributed by atoms with Crippen LogP contribution in [0.3, 0.4) is 0 Å². The van der Waals surface area contributed by atoms with Crippen molar-refractivity contribution in [1.82, 2.24) is 15.5 Å². The molecule has 1 atom stereocenters. The minimum Gasteiger partial charge on any atom is -0.356 e. The molecule has 0 aliphatic rings. The molecule has 0 amide bonds. The quantitative estimate of drug-likeness (QED) is 0.300. The molecule has 25 heavy (non-hydrogen) atoms. The molecule has 0 radical (unpaired) electrons. The standard InChI is InChI=1S/C17H27F3N4S/c1-14(25-15-8-5-4-6-9-15)12-23-16(21-2)22-10-7-11-24(3)13-17(18,19)20/h4-6,8-9,14H,7,10-13H2,1-3H3,(H2,21,22,23). The summed E-state index contributed by atoms with van der Waals surface area (Å²) in [7, 11) is 3.16. The van der Waals surface area contributed by atoms with Crippen LogP contribution >= 0.6 is 11.8 Å². The molecule has 1 aromatic rings. The Morgan fingerprint density at radius 3 is 2.52 bits per heavy atom. The molecule has 1 rings (SSSR count). The molecule has 0 aromatic heterocycles. The van der Waals surface area contributed by atoms with Crippen LogP contribution in [-0.4, -0.2) is 62.6 Å². The fourth-order valence-corrected chi connectivity index (χ4v) is 3.12. The first-order valence-corrected chi connectivity index (χ1v) is 9.09. The third-order valence-electron chi connectivity index (χ3n) is 3.32. The molecule has 0 saturated heterocycles. The molecule has 0 fully saturated rings. The van der Waals surface area contributed by atoms with Gasteiger partial charge in [0.2, 0.25) is 0 Å². The minimum absolute atomic E-state index is 0.360. The van der Waals surface area contributed by atoms with Crippen molar-refractivity contribution >= 4 is 17.7 Å². The fraction of sp³-hybridized carbons (Fsp3) is 0.588. The molecule has 1 aromatic carbocycles. The summed E-state index contributed by atoms with van der Waals surface area (Å²) in [5, 5.41) is 6.73. The van der Waals surface area contributed by atoms with Crippen molar-refractivity contribution in [2.24, 2.45) is 4.99 Å². The van der Waals surface area contributed by atoms with Gasteiger partial charge in [-0.2, -0.15) is 13.2 Å². The highest BCUT2D eigenvalue weighted by Gasteiger charge is 2.28. The van der Waals surface area contributed by atoms with E-state index in [1.807, 2.05) is 18.2 Å². The first-order valence-electron chi connectivity index (χ1n) is 8.21. The molecule has 4 nitrogen and oxygen atoms in total. The summed E-state index contributed by atoms with van der Waals surface area (Å²) in [4.78, 5) is 6.62. The average molecular weight is 376 g/mol. The molecule has 0 spiro atoms. The van der Waals surface area contributed by atoms with Gasteiger partial charge in [0.15, 0.2) is 5.96 Å². The first-order chi connectivity index (χ1) is 11.8. The van der Waals surface area contributed by atoms with E-state index in [2.05, 4.69) is 34.7 Å². The summed E-state index contributed by atoms with van der Waals surface area (Å²) in [6.07, 6.45) is -3.53. The van der Waals surface area contributed by atoms with Gasteiger partial charge in [-0.3, -0.25) is 9.89 Å². The highest BCUT2D eigenvalue weighted by atomic mass is 32.2. The summed E-state index contributed by atoms with van der Waals surface area (Å²) < 4.78 is 36.7. The number of halogens is 3. The number of hydrogen-bond acceptors (Lipinski definition) is 3. The predicted molar refractivity (Wildman–Crippen MR) is 99.3 cm³/mol. The van der Waals surface area contributed by atoms with Crippen LogP contribution in [-0.2, 0) is 0 Å². The van der Waals surface area contributed by atoms with Crippen molar-refractivity contribution in [3.05, 3.63) is 30.3 Å². The van der Waals surface area contributed by atoms with Crippen molar-refractivity contribution in [3.63, 3.8) is 0 Å². The van der Waals surface area contributed by atoms with Crippen molar-refractivity contribution in [3.8, 4) is 0 Å². The average Bonchev–Trinajstić information content (AvgIpc) is 2.53. The number of hydrogen-bond donors (Lipinski definition) is 2. The van der Waals surface area contributed by atoms with Crippen molar-refractivity contribution in [2.75, 3.05) is 40.3 Å². The maximum Gasteiger partial charge on any atom is 0.401 e. The van der Waals surface area contributed by atoms with E-state index in [4.69, 9.17) is 0 Å². The third-order valence-corrected chi connectivity index (χ3v) is 4.43. The van der Waals surface area contributed by atoms with Gasteiger partial charge in [0.05, 0.1) is 6.54 Å². The lowest BCUT2D eigenvalue weighted by Gasteiger charge is -2.19. The molecule has 142 valence electrons. The van der Waals surface area contributed by atoms with Crippen LogP contribution in [0.5, 0.6) is 0 Å². The Kier molecular flexibility index (Phi) is 9.74. The van der Waals surface area contributed by atoms with E-state index < -0.39 is 12.7 Å². The zero-order chi connectivity index (χ0) is 18.7. The number of rotatable bonds is 9. The summed E-state index contributed by atoms with van der Waals surface area (Å²) in [6.45, 7) is 2.94. The van der Waals surface area contributed by atoms with Crippen molar-refractivity contribution in [2.45, 2.75) is 29.7 Å². The van der Waals surface area contributed by atoms with Gasteiger partial charge < -0.3 is 10.6 Å². The van der Waals surface area contributed by atoms with Crippen LogP contribution < -0.4 is 10.6 Å². The lowest BCUT2D eigenvalue weighted by atomic mass is 10.4. The van der Waals surface area contributed by atoms with E-state index in [1.54, 1.807) is 18.8 Å². The van der Waals surface area contributed by atoms with Gasteiger partial charge in [0, 0.05) is 30.3 Å². The normalized spacial score (nSPS) is 13.8. The zero-order valence-electron chi connectivity index (χ0n) is 14.9. The van der Waals surface area contributed by atoms with Gasteiger partial charge in [-0.1, -0.05) is 25.1 Å². The molecular formula is C17H27F3N4S. The lowest BCUT2D eigenvalue weighted by Crippen LogP contribution is -2.41. The smallest absolute Gasteiger partial charge is 0.356 e. The molecule has 0 saturated carbocycles. The SMILES string of the molecule is CN=C(NCCCN(C)CC(F)(F)F)NCC(C)Sc1ccccc1. The summed E-state index contributed by atoms with van der Waals surface area (Å²) in [6, 6.07) is 10.2. The second kappa shape index (κ2) is 11.3. The van der Waals surface area contributed by atoms with E-state index in [1.165, 1.54) is 16.8 Å². The van der Waals surface area contributed by atoms with Crippen LogP contribution in [0.25, 0.3) is 0 Å². The molecule has 2 N–H and O–H groups in total. The number of nitrogens with one attached hydrogen (secondary N) is 2. The third kappa shape index (κ3) is 10.9.